The minimum atomic E-state index is 0.168. The van der Waals surface area contributed by atoms with Gasteiger partial charge in [0.05, 0.1) is 13.7 Å². The molecule has 1 N–H and O–H groups in total. The summed E-state index contributed by atoms with van der Waals surface area (Å²) in [5, 5.41) is 9.27. The van der Waals surface area contributed by atoms with Crippen molar-refractivity contribution in [2.45, 2.75) is 6.10 Å². The summed E-state index contributed by atoms with van der Waals surface area (Å²) in [5.41, 5.74) is 1.06. The number of methoxy groups -OCH3 is 1. The van der Waals surface area contributed by atoms with Gasteiger partial charge in [-0.3, -0.25) is 0 Å². The predicted molar refractivity (Wildman–Crippen MR) is 43.4 cm³/mol. The van der Waals surface area contributed by atoms with Gasteiger partial charge in [0.1, 0.15) is 6.10 Å². The second-order valence-electron chi connectivity index (χ2n) is 2.75. The standard InChI is InChI=1S/C9H10O3/c1-11-8-4-6(9-5-12-9)2-3-7(8)10/h2-4,9-10H,5H2,1H3. The maximum absolute atomic E-state index is 9.27. The number of phenols is 1. The zero-order chi connectivity index (χ0) is 8.55. The molecule has 1 aromatic carbocycles. The molecule has 1 unspecified atom stereocenters. The third-order valence-corrected chi connectivity index (χ3v) is 1.91. The minimum Gasteiger partial charge on any atom is -0.504 e. The molecule has 1 aliphatic heterocycles. The molecule has 1 fully saturated rings. The molecule has 12 heavy (non-hydrogen) atoms. The van der Waals surface area contributed by atoms with E-state index in [0.29, 0.717) is 5.75 Å². The van der Waals surface area contributed by atoms with Crippen LogP contribution in [-0.2, 0) is 4.74 Å². The Bertz CT molecular complexity index is 292. The third-order valence-electron chi connectivity index (χ3n) is 1.91. The van der Waals surface area contributed by atoms with E-state index in [1.54, 1.807) is 12.1 Å². The highest BCUT2D eigenvalue weighted by molar-refractivity contribution is 5.42. The summed E-state index contributed by atoms with van der Waals surface area (Å²) < 4.78 is 10.1. The van der Waals surface area contributed by atoms with Gasteiger partial charge in [-0.25, -0.2) is 0 Å². The predicted octanol–water partition coefficient (Wildman–Crippen LogP) is 1.47. The Morgan fingerprint density at radius 2 is 2.33 bits per heavy atom. The molecule has 0 saturated carbocycles. The highest BCUT2D eigenvalue weighted by Crippen LogP contribution is 2.35. The van der Waals surface area contributed by atoms with Crippen molar-refractivity contribution in [3.8, 4) is 11.5 Å². The molecule has 1 saturated heterocycles. The van der Waals surface area contributed by atoms with Crippen LogP contribution in [0.15, 0.2) is 18.2 Å². The van der Waals surface area contributed by atoms with Crippen LogP contribution in [0.25, 0.3) is 0 Å². The van der Waals surface area contributed by atoms with E-state index >= 15 is 0 Å². The van der Waals surface area contributed by atoms with Crippen molar-refractivity contribution < 1.29 is 14.6 Å². The minimum absolute atomic E-state index is 0.168. The molecule has 0 spiro atoms. The fourth-order valence-corrected chi connectivity index (χ4v) is 1.14. The van der Waals surface area contributed by atoms with Gasteiger partial charge in [-0.1, -0.05) is 6.07 Å². The molecule has 64 valence electrons. The van der Waals surface area contributed by atoms with Gasteiger partial charge in [0.25, 0.3) is 0 Å². The van der Waals surface area contributed by atoms with Crippen LogP contribution in [0.3, 0.4) is 0 Å². The lowest BCUT2D eigenvalue weighted by molar-refractivity contribution is 0.370. The third kappa shape index (κ3) is 1.23. The number of phenolic OH excluding ortho intramolecular Hbond substituents is 1. The summed E-state index contributed by atoms with van der Waals surface area (Å²) in [6.45, 7) is 0.772. The number of epoxide rings is 1. The Labute approximate surface area is 70.5 Å². The molecular weight excluding hydrogens is 156 g/mol. The van der Waals surface area contributed by atoms with Crippen LogP contribution in [0.4, 0.5) is 0 Å². The number of hydrogen-bond acceptors (Lipinski definition) is 3. The molecular formula is C9H10O3. The van der Waals surface area contributed by atoms with Gasteiger partial charge < -0.3 is 14.6 Å². The fraction of sp³-hybridized carbons (Fsp3) is 0.333. The lowest BCUT2D eigenvalue weighted by atomic mass is 10.1. The first-order chi connectivity index (χ1) is 5.81. The van der Waals surface area contributed by atoms with E-state index in [2.05, 4.69) is 0 Å². The quantitative estimate of drug-likeness (QED) is 0.676. The van der Waals surface area contributed by atoms with Crippen molar-refractivity contribution in [2.24, 2.45) is 0 Å². The molecule has 3 heteroatoms. The van der Waals surface area contributed by atoms with Crippen LogP contribution in [0.2, 0.25) is 0 Å². The smallest absolute Gasteiger partial charge is 0.160 e. The van der Waals surface area contributed by atoms with Gasteiger partial charge in [0.2, 0.25) is 0 Å². The van der Waals surface area contributed by atoms with Crippen LogP contribution >= 0.6 is 0 Å². The summed E-state index contributed by atoms with van der Waals surface area (Å²) in [4.78, 5) is 0. The molecule has 0 aromatic heterocycles. The molecule has 1 heterocycles. The summed E-state index contributed by atoms with van der Waals surface area (Å²) in [6, 6.07) is 5.26. The van der Waals surface area contributed by atoms with Gasteiger partial charge >= 0.3 is 0 Å². The first kappa shape index (κ1) is 7.43. The van der Waals surface area contributed by atoms with Gasteiger partial charge in [0.15, 0.2) is 11.5 Å². The van der Waals surface area contributed by atoms with Crippen molar-refractivity contribution in [1.29, 1.82) is 0 Å². The summed E-state index contributed by atoms with van der Waals surface area (Å²) >= 11 is 0. The molecule has 0 bridgehead atoms. The molecule has 1 atom stereocenters. The first-order valence-corrected chi connectivity index (χ1v) is 3.80. The zero-order valence-electron chi connectivity index (χ0n) is 6.78. The maximum atomic E-state index is 9.27. The average molecular weight is 166 g/mol. The number of aromatic hydroxyl groups is 1. The van der Waals surface area contributed by atoms with Crippen LogP contribution in [-0.4, -0.2) is 18.8 Å². The largest absolute Gasteiger partial charge is 0.504 e. The highest BCUT2D eigenvalue weighted by Gasteiger charge is 2.25. The average Bonchev–Trinajstić information content (AvgIpc) is 2.88. The Kier molecular flexibility index (Phi) is 1.66. The molecule has 2 rings (SSSR count). The Hall–Kier alpha value is -1.22. The van der Waals surface area contributed by atoms with Gasteiger partial charge in [-0.05, 0) is 17.7 Å². The SMILES string of the molecule is COc1cc(C2CO2)ccc1O. The van der Waals surface area contributed by atoms with Crippen molar-refractivity contribution in [1.82, 2.24) is 0 Å². The van der Waals surface area contributed by atoms with E-state index in [-0.39, 0.29) is 11.9 Å². The Morgan fingerprint density at radius 1 is 1.58 bits per heavy atom. The van der Waals surface area contributed by atoms with Crippen molar-refractivity contribution in [3.05, 3.63) is 23.8 Å². The van der Waals surface area contributed by atoms with Gasteiger partial charge in [0, 0.05) is 0 Å². The van der Waals surface area contributed by atoms with Crippen LogP contribution in [0.5, 0.6) is 11.5 Å². The summed E-state index contributed by atoms with van der Waals surface area (Å²) in [6.07, 6.45) is 0.208. The molecule has 0 aliphatic carbocycles. The van der Waals surface area contributed by atoms with E-state index in [1.165, 1.54) is 7.11 Å². The van der Waals surface area contributed by atoms with E-state index < -0.39 is 0 Å². The lowest BCUT2D eigenvalue weighted by Gasteiger charge is -2.03. The van der Waals surface area contributed by atoms with Crippen molar-refractivity contribution in [2.75, 3.05) is 13.7 Å². The van der Waals surface area contributed by atoms with E-state index in [4.69, 9.17) is 9.47 Å². The second-order valence-corrected chi connectivity index (χ2v) is 2.75. The summed E-state index contributed by atoms with van der Waals surface area (Å²) in [5.74, 6) is 0.671. The Morgan fingerprint density at radius 3 is 2.92 bits per heavy atom. The number of rotatable bonds is 2. The molecule has 0 radical (unpaired) electrons. The fourth-order valence-electron chi connectivity index (χ4n) is 1.14. The maximum Gasteiger partial charge on any atom is 0.160 e. The van der Waals surface area contributed by atoms with E-state index in [1.807, 2.05) is 6.07 Å². The van der Waals surface area contributed by atoms with Crippen LogP contribution in [0.1, 0.15) is 11.7 Å². The second kappa shape index (κ2) is 2.68. The first-order valence-electron chi connectivity index (χ1n) is 3.80. The number of ether oxygens (including phenoxy) is 2. The normalized spacial score (nSPS) is 20.6. The van der Waals surface area contributed by atoms with Gasteiger partial charge in [-0.2, -0.15) is 0 Å². The van der Waals surface area contributed by atoms with E-state index in [0.717, 1.165) is 12.2 Å². The molecule has 1 aliphatic rings. The van der Waals surface area contributed by atoms with Crippen LogP contribution in [0, 0.1) is 0 Å². The topological polar surface area (TPSA) is 42.0 Å². The number of benzene rings is 1. The molecule has 3 nitrogen and oxygen atoms in total. The van der Waals surface area contributed by atoms with Crippen molar-refractivity contribution in [3.63, 3.8) is 0 Å². The van der Waals surface area contributed by atoms with Gasteiger partial charge in [-0.15, -0.1) is 0 Å². The summed E-state index contributed by atoms with van der Waals surface area (Å²) in [7, 11) is 1.53. The Balaban J connectivity index is 2.33. The van der Waals surface area contributed by atoms with Crippen molar-refractivity contribution >= 4 is 0 Å². The van der Waals surface area contributed by atoms with E-state index in [9.17, 15) is 5.11 Å². The highest BCUT2D eigenvalue weighted by atomic mass is 16.6. The lowest BCUT2D eigenvalue weighted by Crippen LogP contribution is -1.86. The monoisotopic (exact) mass is 166 g/mol. The molecule has 1 aromatic rings. The van der Waals surface area contributed by atoms with Crippen LogP contribution < -0.4 is 4.74 Å². The molecule has 0 amide bonds. The number of hydrogen-bond donors (Lipinski definition) is 1. The zero-order valence-corrected chi connectivity index (χ0v) is 6.78.